The summed E-state index contributed by atoms with van der Waals surface area (Å²) in [4.78, 5) is 13.9. The van der Waals surface area contributed by atoms with Crippen molar-refractivity contribution in [3.63, 3.8) is 0 Å². The van der Waals surface area contributed by atoms with Crippen LogP contribution in [0.2, 0.25) is 0 Å². The van der Waals surface area contributed by atoms with E-state index in [1.165, 1.54) is 0 Å². The first-order chi connectivity index (χ1) is 7.22. The van der Waals surface area contributed by atoms with E-state index in [-0.39, 0.29) is 5.91 Å². The van der Waals surface area contributed by atoms with Crippen LogP contribution in [0.3, 0.4) is 0 Å². The predicted octanol–water partition coefficient (Wildman–Crippen LogP) is -0.0166. The first kappa shape index (κ1) is 10.2. The molecule has 1 aromatic heterocycles. The highest BCUT2D eigenvalue weighted by atomic mass is 16.2. The molecule has 82 valence electrons. The monoisotopic (exact) mass is 208 g/mol. The smallest absolute Gasteiger partial charge is 0.257 e. The minimum absolute atomic E-state index is 0.0519. The Balaban J connectivity index is 2.10. The molecule has 0 saturated heterocycles. The van der Waals surface area contributed by atoms with Crippen molar-refractivity contribution in [3.8, 4) is 0 Å². The van der Waals surface area contributed by atoms with Gasteiger partial charge in [-0.25, -0.2) is 0 Å². The molecule has 0 unspecified atom stereocenters. The maximum Gasteiger partial charge on any atom is 0.257 e. The van der Waals surface area contributed by atoms with Crippen LogP contribution < -0.4 is 5.73 Å². The Bertz CT molecular complexity index is 356. The van der Waals surface area contributed by atoms with Crippen LogP contribution in [0.15, 0.2) is 12.4 Å². The first-order valence-electron chi connectivity index (χ1n) is 5.22. The molecule has 1 aromatic rings. The predicted molar refractivity (Wildman–Crippen MR) is 56.3 cm³/mol. The van der Waals surface area contributed by atoms with Gasteiger partial charge in [0.25, 0.3) is 5.91 Å². The van der Waals surface area contributed by atoms with E-state index in [1.807, 2.05) is 4.90 Å². The van der Waals surface area contributed by atoms with Gasteiger partial charge in [0.2, 0.25) is 0 Å². The fraction of sp³-hybridized carbons (Fsp3) is 0.600. The SMILES string of the molecule is Cn1cc(C(=O)N(CCN)C2CC2)cn1. The van der Waals surface area contributed by atoms with Crippen LogP contribution >= 0.6 is 0 Å². The van der Waals surface area contributed by atoms with Crippen molar-refractivity contribution in [1.29, 1.82) is 0 Å². The molecule has 1 aliphatic carbocycles. The summed E-state index contributed by atoms with van der Waals surface area (Å²) in [7, 11) is 1.81. The van der Waals surface area contributed by atoms with Crippen molar-refractivity contribution in [2.45, 2.75) is 18.9 Å². The standard InChI is InChI=1S/C10H16N4O/c1-13-7-8(6-12-13)10(15)14(5-4-11)9-2-3-9/h6-7,9H,2-5,11H2,1H3. The minimum atomic E-state index is 0.0519. The van der Waals surface area contributed by atoms with Gasteiger partial charge >= 0.3 is 0 Å². The molecule has 1 saturated carbocycles. The number of carbonyl (C=O) groups excluding carboxylic acids is 1. The Hall–Kier alpha value is -1.36. The van der Waals surface area contributed by atoms with Gasteiger partial charge in [-0.15, -0.1) is 0 Å². The quantitative estimate of drug-likeness (QED) is 0.756. The zero-order valence-corrected chi connectivity index (χ0v) is 8.89. The van der Waals surface area contributed by atoms with Gasteiger partial charge in [0.15, 0.2) is 0 Å². The molecule has 0 atom stereocenters. The van der Waals surface area contributed by atoms with Gasteiger partial charge < -0.3 is 10.6 Å². The van der Waals surface area contributed by atoms with Gasteiger partial charge in [-0.3, -0.25) is 9.48 Å². The highest BCUT2D eigenvalue weighted by molar-refractivity contribution is 5.94. The van der Waals surface area contributed by atoms with Crippen molar-refractivity contribution in [1.82, 2.24) is 14.7 Å². The normalized spacial score (nSPS) is 15.3. The van der Waals surface area contributed by atoms with Crippen LogP contribution in [-0.4, -0.2) is 39.7 Å². The van der Waals surface area contributed by atoms with E-state index >= 15 is 0 Å². The number of carbonyl (C=O) groups is 1. The maximum atomic E-state index is 12.0. The third kappa shape index (κ3) is 2.18. The van der Waals surface area contributed by atoms with Crippen LogP contribution in [0.4, 0.5) is 0 Å². The zero-order valence-electron chi connectivity index (χ0n) is 8.89. The van der Waals surface area contributed by atoms with Crippen molar-refractivity contribution >= 4 is 5.91 Å². The molecule has 0 bridgehead atoms. The summed E-state index contributed by atoms with van der Waals surface area (Å²) in [6, 6.07) is 0.404. The molecular weight excluding hydrogens is 192 g/mol. The molecule has 1 aliphatic rings. The second kappa shape index (κ2) is 4.02. The first-order valence-corrected chi connectivity index (χ1v) is 5.22. The molecule has 1 fully saturated rings. The summed E-state index contributed by atoms with van der Waals surface area (Å²) in [5, 5.41) is 4.00. The molecule has 0 spiro atoms. The fourth-order valence-electron chi connectivity index (χ4n) is 1.67. The van der Waals surface area contributed by atoms with Crippen molar-refractivity contribution in [2.24, 2.45) is 12.8 Å². The Kier molecular flexibility index (Phi) is 2.73. The van der Waals surface area contributed by atoms with Gasteiger partial charge in [0.05, 0.1) is 11.8 Å². The molecule has 0 aromatic carbocycles. The lowest BCUT2D eigenvalue weighted by Gasteiger charge is -2.20. The van der Waals surface area contributed by atoms with E-state index in [0.29, 0.717) is 24.7 Å². The second-order valence-corrected chi connectivity index (χ2v) is 3.92. The molecule has 0 aliphatic heterocycles. The van der Waals surface area contributed by atoms with Crippen LogP contribution in [0.1, 0.15) is 23.2 Å². The molecule has 1 amide bonds. The van der Waals surface area contributed by atoms with Crippen LogP contribution in [0.25, 0.3) is 0 Å². The van der Waals surface area contributed by atoms with E-state index in [1.54, 1.807) is 24.1 Å². The topological polar surface area (TPSA) is 64.2 Å². The number of hydrogen-bond donors (Lipinski definition) is 1. The summed E-state index contributed by atoms with van der Waals surface area (Å²) in [6.07, 6.45) is 5.56. The largest absolute Gasteiger partial charge is 0.334 e. The third-order valence-electron chi connectivity index (χ3n) is 2.57. The molecule has 2 N–H and O–H groups in total. The number of amides is 1. The Morgan fingerprint density at radius 3 is 2.93 bits per heavy atom. The number of hydrogen-bond acceptors (Lipinski definition) is 3. The van der Waals surface area contributed by atoms with E-state index in [4.69, 9.17) is 5.73 Å². The van der Waals surface area contributed by atoms with E-state index in [2.05, 4.69) is 5.10 Å². The minimum Gasteiger partial charge on any atom is -0.334 e. The summed E-state index contributed by atoms with van der Waals surface area (Å²) in [5.41, 5.74) is 6.15. The maximum absolute atomic E-state index is 12.0. The van der Waals surface area contributed by atoms with Gasteiger partial charge in [0.1, 0.15) is 0 Å². The fourth-order valence-corrected chi connectivity index (χ4v) is 1.67. The Labute approximate surface area is 88.8 Å². The highest BCUT2D eigenvalue weighted by Gasteiger charge is 2.32. The summed E-state index contributed by atoms with van der Waals surface area (Å²) in [6.45, 7) is 1.15. The molecule has 1 heterocycles. The average Bonchev–Trinajstić information content (AvgIpc) is 2.96. The van der Waals surface area contributed by atoms with E-state index < -0.39 is 0 Å². The lowest BCUT2D eigenvalue weighted by atomic mass is 10.3. The zero-order chi connectivity index (χ0) is 10.8. The number of aryl methyl sites for hydroxylation is 1. The molecule has 0 radical (unpaired) electrons. The molecule has 5 heteroatoms. The van der Waals surface area contributed by atoms with Crippen molar-refractivity contribution in [2.75, 3.05) is 13.1 Å². The third-order valence-corrected chi connectivity index (χ3v) is 2.57. The van der Waals surface area contributed by atoms with Gasteiger partial charge in [-0.1, -0.05) is 0 Å². The summed E-state index contributed by atoms with van der Waals surface area (Å²) >= 11 is 0. The van der Waals surface area contributed by atoms with Crippen molar-refractivity contribution < 1.29 is 4.79 Å². The Morgan fingerprint density at radius 2 is 2.47 bits per heavy atom. The number of nitrogens with two attached hydrogens (primary N) is 1. The van der Waals surface area contributed by atoms with Gasteiger partial charge in [-0.2, -0.15) is 5.10 Å². The molecule has 5 nitrogen and oxygen atoms in total. The van der Waals surface area contributed by atoms with Gasteiger partial charge in [0, 0.05) is 32.4 Å². The number of aromatic nitrogens is 2. The highest BCUT2D eigenvalue weighted by Crippen LogP contribution is 2.27. The van der Waals surface area contributed by atoms with Crippen molar-refractivity contribution in [3.05, 3.63) is 18.0 Å². The molecular formula is C10H16N4O. The average molecular weight is 208 g/mol. The summed E-state index contributed by atoms with van der Waals surface area (Å²) < 4.78 is 1.64. The van der Waals surface area contributed by atoms with Crippen LogP contribution in [0, 0.1) is 0 Å². The lowest BCUT2D eigenvalue weighted by Crippen LogP contribution is -2.36. The molecule has 2 rings (SSSR count). The second-order valence-electron chi connectivity index (χ2n) is 3.92. The lowest BCUT2D eigenvalue weighted by molar-refractivity contribution is 0.0748. The molecule has 15 heavy (non-hydrogen) atoms. The number of rotatable bonds is 4. The van der Waals surface area contributed by atoms with Gasteiger partial charge in [-0.05, 0) is 12.8 Å². The Morgan fingerprint density at radius 1 is 1.73 bits per heavy atom. The summed E-state index contributed by atoms with van der Waals surface area (Å²) in [5.74, 6) is 0.0519. The van der Waals surface area contributed by atoms with Crippen LogP contribution in [-0.2, 0) is 7.05 Å². The number of nitrogens with zero attached hydrogens (tertiary/aromatic N) is 3. The van der Waals surface area contributed by atoms with E-state index in [9.17, 15) is 4.79 Å². The van der Waals surface area contributed by atoms with E-state index in [0.717, 1.165) is 12.8 Å². The van der Waals surface area contributed by atoms with Crippen LogP contribution in [0.5, 0.6) is 0 Å².